The lowest BCUT2D eigenvalue weighted by molar-refractivity contribution is -0.119. The summed E-state index contributed by atoms with van der Waals surface area (Å²) in [5.74, 6) is -0.772. The Morgan fingerprint density at radius 1 is 1.37 bits per heavy atom. The summed E-state index contributed by atoms with van der Waals surface area (Å²) in [6.07, 6.45) is 2.26. The molecule has 1 unspecified atom stereocenters. The summed E-state index contributed by atoms with van der Waals surface area (Å²) in [5, 5.41) is 2.60. The monoisotopic (exact) mass is 286 g/mol. The van der Waals surface area contributed by atoms with Gasteiger partial charge in [0.2, 0.25) is 15.9 Å². The van der Waals surface area contributed by atoms with Gasteiger partial charge in [0.05, 0.1) is 6.26 Å². The molecular weight excluding hydrogens is 271 g/mol. The first-order chi connectivity index (χ1) is 8.88. The maximum atomic E-state index is 12.7. The zero-order chi connectivity index (χ0) is 14.0. The van der Waals surface area contributed by atoms with Crippen LogP contribution in [0.3, 0.4) is 0 Å². The number of nitrogens with zero attached hydrogens (tertiary/aromatic N) is 1. The highest BCUT2D eigenvalue weighted by Crippen LogP contribution is 2.21. The molecule has 1 N–H and O–H groups in total. The SMILES string of the molecule is CS(=O)(=O)N1CCCC1C(=O)Nc1ccc(F)cc1. The zero-order valence-corrected chi connectivity index (χ0v) is 11.3. The first kappa shape index (κ1) is 14.0. The number of sulfonamides is 1. The Hall–Kier alpha value is -1.47. The highest BCUT2D eigenvalue weighted by molar-refractivity contribution is 7.88. The van der Waals surface area contributed by atoms with Gasteiger partial charge in [-0.1, -0.05) is 0 Å². The molecule has 1 aliphatic rings. The van der Waals surface area contributed by atoms with Gasteiger partial charge in [-0.25, -0.2) is 12.8 Å². The van der Waals surface area contributed by atoms with Gasteiger partial charge < -0.3 is 5.32 Å². The van der Waals surface area contributed by atoms with Gasteiger partial charge in [-0.3, -0.25) is 4.79 Å². The molecule has 1 amide bonds. The van der Waals surface area contributed by atoms with Crippen molar-refractivity contribution in [2.24, 2.45) is 0 Å². The largest absolute Gasteiger partial charge is 0.325 e. The Balaban J connectivity index is 2.09. The lowest BCUT2D eigenvalue weighted by Gasteiger charge is -2.21. The van der Waals surface area contributed by atoms with Crippen LogP contribution in [0.1, 0.15) is 12.8 Å². The molecule has 1 heterocycles. The Morgan fingerprint density at radius 3 is 2.58 bits per heavy atom. The van der Waals surface area contributed by atoms with Gasteiger partial charge in [0.25, 0.3) is 0 Å². The quantitative estimate of drug-likeness (QED) is 0.907. The summed E-state index contributed by atoms with van der Waals surface area (Å²) in [6, 6.07) is 4.66. The molecule has 19 heavy (non-hydrogen) atoms. The molecular formula is C12H15FN2O3S. The average Bonchev–Trinajstić information content (AvgIpc) is 2.81. The van der Waals surface area contributed by atoms with Crippen LogP contribution in [0.25, 0.3) is 0 Å². The molecule has 0 bridgehead atoms. The molecule has 2 rings (SSSR count). The summed E-state index contributed by atoms with van der Waals surface area (Å²) < 4.78 is 37.0. The minimum absolute atomic E-state index is 0.361. The molecule has 104 valence electrons. The zero-order valence-electron chi connectivity index (χ0n) is 10.5. The van der Waals surface area contributed by atoms with Crippen molar-refractivity contribution in [1.29, 1.82) is 0 Å². The van der Waals surface area contributed by atoms with Gasteiger partial charge in [-0.05, 0) is 37.1 Å². The van der Waals surface area contributed by atoms with Crippen molar-refractivity contribution < 1.29 is 17.6 Å². The first-order valence-corrected chi connectivity index (χ1v) is 7.76. The molecule has 1 aromatic carbocycles. The third kappa shape index (κ3) is 3.30. The minimum Gasteiger partial charge on any atom is -0.325 e. The summed E-state index contributed by atoms with van der Waals surface area (Å²) in [7, 11) is -3.38. The molecule has 1 aliphatic heterocycles. The summed E-state index contributed by atoms with van der Waals surface area (Å²) in [4.78, 5) is 12.0. The summed E-state index contributed by atoms with van der Waals surface area (Å²) in [5.41, 5.74) is 0.451. The van der Waals surface area contributed by atoms with Crippen LogP contribution in [0.4, 0.5) is 10.1 Å². The molecule has 1 fully saturated rings. The minimum atomic E-state index is -3.38. The number of rotatable bonds is 3. The van der Waals surface area contributed by atoms with E-state index >= 15 is 0 Å². The fourth-order valence-electron chi connectivity index (χ4n) is 2.16. The highest BCUT2D eigenvalue weighted by Gasteiger charge is 2.36. The number of benzene rings is 1. The molecule has 0 spiro atoms. The van der Waals surface area contributed by atoms with E-state index in [0.29, 0.717) is 25.1 Å². The number of carbonyl (C=O) groups excluding carboxylic acids is 1. The van der Waals surface area contributed by atoms with Crippen molar-refractivity contribution >= 4 is 21.6 Å². The van der Waals surface area contributed by atoms with Gasteiger partial charge in [0, 0.05) is 12.2 Å². The van der Waals surface area contributed by atoms with Crippen molar-refractivity contribution in [3.63, 3.8) is 0 Å². The van der Waals surface area contributed by atoms with E-state index in [0.717, 1.165) is 6.26 Å². The van der Waals surface area contributed by atoms with Gasteiger partial charge in [0.1, 0.15) is 11.9 Å². The predicted octanol–water partition coefficient (Wildman–Crippen LogP) is 1.19. The van der Waals surface area contributed by atoms with Crippen LogP contribution in [0, 0.1) is 5.82 Å². The normalized spacial score (nSPS) is 20.4. The molecule has 0 saturated carbocycles. The van der Waals surface area contributed by atoms with Crippen molar-refractivity contribution in [1.82, 2.24) is 4.31 Å². The van der Waals surface area contributed by atoms with E-state index < -0.39 is 21.9 Å². The van der Waals surface area contributed by atoms with Crippen molar-refractivity contribution in [3.05, 3.63) is 30.1 Å². The first-order valence-electron chi connectivity index (χ1n) is 5.91. The van der Waals surface area contributed by atoms with E-state index in [4.69, 9.17) is 0 Å². The molecule has 0 aliphatic carbocycles. The van der Waals surface area contributed by atoms with Crippen LogP contribution >= 0.6 is 0 Å². The van der Waals surface area contributed by atoms with Crippen molar-refractivity contribution in [2.45, 2.75) is 18.9 Å². The number of hydrogen-bond acceptors (Lipinski definition) is 3. The second kappa shape index (κ2) is 5.26. The van der Waals surface area contributed by atoms with E-state index in [9.17, 15) is 17.6 Å². The Kier molecular flexibility index (Phi) is 3.86. The van der Waals surface area contributed by atoms with Crippen molar-refractivity contribution in [3.8, 4) is 0 Å². The molecule has 1 saturated heterocycles. The maximum Gasteiger partial charge on any atom is 0.242 e. The molecule has 5 nitrogen and oxygen atoms in total. The van der Waals surface area contributed by atoms with Crippen LogP contribution in [-0.4, -0.2) is 37.5 Å². The molecule has 0 radical (unpaired) electrons. The van der Waals surface area contributed by atoms with Crippen LogP contribution in [0.5, 0.6) is 0 Å². The third-order valence-electron chi connectivity index (χ3n) is 3.04. The Morgan fingerprint density at radius 2 is 2.00 bits per heavy atom. The maximum absolute atomic E-state index is 12.7. The van der Waals surface area contributed by atoms with E-state index in [2.05, 4.69) is 5.32 Å². The number of anilines is 1. The van der Waals surface area contributed by atoms with Crippen LogP contribution in [0.2, 0.25) is 0 Å². The van der Waals surface area contributed by atoms with E-state index in [1.54, 1.807) is 0 Å². The second-order valence-corrected chi connectivity index (χ2v) is 6.46. The standard InChI is InChI=1S/C12H15FN2O3S/c1-19(17,18)15-8-2-3-11(15)12(16)14-10-6-4-9(13)5-7-10/h4-7,11H,2-3,8H2,1H3,(H,14,16). The number of halogens is 1. The average molecular weight is 286 g/mol. The van der Waals surface area contributed by atoms with Gasteiger partial charge >= 0.3 is 0 Å². The van der Waals surface area contributed by atoms with Crippen LogP contribution in [0.15, 0.2) is 24.3 Å². The van der Waals surface area contributed by atoms with Crippen LogP contribution in [-0.2, 0) is 14.8 Å². The topological polar surface area (TPSA) is 66.5 Å². The predicted molar refractivity (Wildman–Crippen MR) is 69.6 cm³/mol. The third-order valence-corrected chi connectivity index (χ3v) is 4.33. The number of nitrogens with one attached hydrogen (secondary N) is 1. The van der Waals surface area contributed by atoms with E-state index in [1.165, 1.54) is 28.6 Å². The smallest absolute Gasteiger partial charge is 0.242 e. The van der Waals surface area contributed by atoms with Gasteiger partial charge in [0.15, 0.2) is 0 Å². The lowest BCUT2D eigenvalue weighted by atomic mass is 10.2. The van der Waals surface area contributed by atoms with Crippen LogP contribution < -0.4 is 5.32 Å². The number of carbonyl (C=O) groups is 1. The molecule has 7 heteroatoms. The molecule has 1 aromatic rings. The van der Waals surface area contributed by atoms with Gasteiger partial charge in [-0.2, -0.15) is 4.31 Å². The molecule has 1 atom stereocenters. The Labute approximate surface area is 111 Å². The van der Waals surface area contributed by atoms with Gasteiger partial charge in [-0.15, -0.1) is 0 Å². The lowest BCUT2D eigenvalue weighted by Crippen LogP contribution is -2.42. The van der Waals surface area contributed by atoms with E-state index in [-0.39, 0.29) is 5.91 Å². The Bertz CT molecular complexity index is 571. The fraction of sp³-hybridized carbons (Fsp3) is 0.417. The second-order valence-electron chi connectivity index (χ2n) is 4.53. The summed E-state index contributed by atoms with van der Waals surface area (Å²) in [6.45, 7) is 0.361. The highest BCUT2D eigenvalue weighted by atomic mass is 32.2. The number of hydrogen-bond donors (Lipinski definition) is 1. The fourth-order valence-corrected chi connectivity index (χ4v) is 3.28. The summed E-state index contributed by atoms with van der Waals surface area (Å²) >= 11 is 0. The molecule has 0 aromatic heterocycles. The van der Waals surface area contributed by atoms with E-state index in [1.807, 2.05) is 0 Å². The van der Waals surface area contributed by atoms with Crippen molar-refractivity contribution in [2.75, 3.05) is 18.1 Å². The number of amides is 1.